The highest BCUT2D eigenvalue weighted by Crippen LogP contribution is 2.28. The fourth-order valence-corrected chi connectivity index (χ4v) is 3.58. The number of hydrogen-bond acceptors (Lipinski definition) is 5. The highest BCUT2D eigenvalue weighted by Gasteiger charge is 2.19. The quantitative estimate of drug-likeness (QED) is 0.795. The molecular formula is C17H18ClNO5S. The monoisotopic (exact) mass is 383 g/mol. The summed E-state index contributed by atoms with van der Waals surface area (Å²) in [6.45, 7) is 0. The zero-order valence-corrected chi connectivity index (χ0v) is 15.4. The van der Waals surface area contributed by atoms with Crippen LogP contribution in [-0.2, 0) is 20.4 Å². The third-order valence-corrected chi connectivity index (χ3v) is 5.06. The second-order valence-electron chi connectivity index (χ2n) is 5.27. The molecule has 134 valence electrons. The van der Waals surface area contributed by atoms with Gasteiger partial charge in [-0.15, -0.1) is 0 Å². The molecule has 1 amide bonds. The van der Waals surface area contributed by atoms with E-state index in [1.54, 1.807) is 42.5 Å². The molecule has 0 saturated heterocycles. The van der Waals surface area contributed by atoms with E-state index in [2.05, 4.69) is 5.32 Å². The maximum Gasteiger partial charge on any atom is 0.239 e. The molecule has 0 fully saturated rings. The van der Waals surface area contributed by atoms with Crippen LogP contribution in [0, 0.1) is 0 Å². The van der Waals surface area contributed by atoms with Crippen LogP contribution < -0.4 is 14.8 Å². The highest BCUT2D eigenvalue weighted by atomic mass is 35.5. The van der Waals surface area contributed by atoms with Crippen LogP contribution in [0.4, 0.5) is 5.69 Å². The number of amides is 1. The fraction of sp³-hybridized carbons (Fsp3) is 0.235. The maximum absolute atomic E-state index is 12.2. The van der Waals surface area contributed by atoms with Crippen LogP contribution in [0.15, 0.2) is 42.5 Å². The van der Waals surface area contributed by atoms with Gasteiger partial charge in [-0.2, -0.15) is 0 Å². The summed E-state index contributed by atoms with van der Waals surface area (Å²) in [6, 6.07) is 11.3. The first-order valence-corrected chi connectivity index (χ1v) is 9.49. The van der Waals surface area contributed by atoms with Crippen molar-refractivity contribution in [3.63, 3.8) is 0 Å². The van der Waals surface area contributed by atoms with Crippen molar-refractivity contribution in [2.24, 2.45) is 0 Å². The second-order valence-corrected chi connectivity index (χ2v) is 7.77. The first-order chi connectivity index (χ1) is 11.8. The normalized spacial score (nSPS) is 11.0. The van der Waals surface area contributed by atoms with Crippen LogP contribution in [0.25, 0.3) is 0 Å². The third kappa shape index (κ3) is 5.65. The first-order valence-electron chi connectivity index (χ1n) is 7.30. The van der Waals surface area contributed by atoms with Gasteiger partial charge < -0.3 is 14.8 Å². The van der Waals surface area contributed by atoms with Crippen molar-refractivity contribution >= 4 is 33.0 Å². The number of carbonyl (C=O) groups excluding carboxylic acids is 1. The minimum absolute atomic E-state index is 0.243. The van der Waals surface area contributed by atoms with Gasteiger partial charge in [0.1, 0.15) is 17.3 Å². The molecule has 0 heterocycles. The summed E-state index contributed by atoms with van der Waals surface area (Å²) in [5.74, 6) is -0.618. The summed E-state index contributed by atoms with van der Waals surface area (Å²) < 4.78 is 34.7. The predicted molar refractivity (Wildman–Crippen MR) is 97.1 cm³/mol. The van der Waals surface area contributed by atoms with Gasteiger partial charge in [0.25, 0.3) is 0 Å². The molecular weight excluding hydrogens is 366 g/mol. The van der Waals surface area contributed by atoms with Crippen molar-refractivity contribution in [1.82, 2.24) is 0 Å². The largest absolute Gasteiger partial charge is 0.497 e. The van der Waals surface area contributed by atoms with Crippen molar-refractivity contribution in [1.29, 1.82) is 0 Å². The molecule has 2 rings (SSSR count). The van der Waals surface area contributed by atoms with Gasteiger partial charge in [0.2, 0.25) is 5.91 Å². The maximum atomic E-state index is 12.2. The SMILES string of the molecule is COc1ccc(OC)c(NC(=O)CS(=O)(=O)Cc2ccc(Cl)cc2)c1. The van der Waals surface area contributed by atoms with E-state index < -0.39 is 21.5 Å². The Morgan fingerprint density at radius 3 is 2.36 bits per heavy atom. The van der Waals surface area contributed by atoms with Gasteiger partial charge in [-0.3, -0.25) is 4.79 Å². The van der Waals surface area contributed by atoms with Gasteiger partial charge >= 0.3 is 0 Å². The number of halogens is 1. The minimum atomic E-state index is -3.63. The highest BCUT2D eigenvalue weighted by molar-refractivity contribution is 7.91. The number of sulfone groups is 1. The molecule has 2 aromatic carbocycles. The Morgan fingerprint density at radius 1 is 1.08 bits per heavy atom. The zero-order valence-electron chi connectivity index (χ0n) is 13.8. The van der Waals surface area contributed by atoms with Crippen LogP contribution in [-0.4, -0.2) is 34.3 Å². The average Bonchev–Trinajstić information content (AvgIpc) is 2.56. The lowest BCUT2D eigenvalue weighted by Gasteiger charge is -2.12. The van der Waals surface area contributed by atoms with Gasteiger partial charge in [-0.25, -0.2) is 8.42 Å². The summed E-state index contributed by atoms with van der Waals surface area (Å²) in [4.78, 5) is 12.1. The van der Waals surface area contributed by atoms with Gasteiger partial charge in [0.15, 0.2) is 9.84 Å². The molecule has 6 nitrogen and oxygen atoms in total. The molecule has 0 unspecified atom stereocenters. The van der Waals surface area contributed by atoms with E-state index in [4.69, 9.17) is 21.1 Å². The van der Waals surface area contributed by atoms with Crippen LogP contribution in [0.2, 0.25) is 5.02 Å². The smallest absolute Gasteiger partial charge is 0.239 e. The van der Waals surface area contributed by atoms with E-state index in [1.165, 1.54) is 14.2 Å². The lowest BCUT2D eigenvalue weighted by atomic mass is 10.2. The predicted octanol–water partition coefficient (Wildman–Crippen LogP) is 2.91. The molecule has 0 saturated carbocycles. The lowest BCUT2D eigenvalue weighted by molar-refractivity contribution is -0.113. The molecule has 25 heavy (non-hydrogen) atoms. The van der Waals surface area contributed by atoms with Gasteiger partial charge in [0.05, 0.1) is 25.7 Å². The van der Waals surface area contributed by atoms with Crippen LogP contribution >= 0.6 is 11.6 Å². The van der Waals surface area contributed by atoms with E-state index in [9.17, 15) is 13.2 Å². The van der Waals surface area contributed by atoms with E-state index in [0.717, 1.165) is 0 Å². The minimum Gasteiger partial charge on any atom is -0.497 e. The lowest BCUT2D eigenvalue weighted by Crippen LogP contribution is -2.24. The Balaban J connectivity index is 2.07. The van der Waals surface area contributed by atoms with E-state index in [1.807, 2.05) is 0 Å². The topological polar surface area (TPSA) is 81.7 Å². The van der Waals surface area contributed by atoms with Crippen LogP contribution in [0.5, 0.6) is 11.5 Å². The van der Waals surface area contributed by atoms with Gasteiger partial charge in [-0.05, 0) is 29.8 Å². The average molecular weight is 384 g/mol. The number of nitrogens with one attached hydrogen (secondary N) is 1. The fourth-order valence-electron chi connectivity index (χ4n) is 2.18. The van der Waals surface area contributed by atoms with Crippen LogP contribution in [0.1, 0.15) is 5.56 Å². The van der Waals surface area contributed by atoms with E-state index in [0.29, 0.717) is 27.8 Å². The summed E-state index contributed by atoms with van der Waals surface area (Å²) in [7, 11) is -0.686. The molecule has 0 radical (unpaired) electrons. The molecule has 0 aromatic heterocycles. The van der Waals surface area contributed by atoms with Crippen molar-refractivity contribution in [3.05, 3.63) is 53.1 Å². The number of methoxy groups -OCH3 is 2. The van der Waals surface area contributed by atoms with Gasteiger partial charge in [-0.1, -0.05) is 23.7 Å². The number of anilines is 1. The summed E-state index contributed by atoms with van der Waals surface area (Å²) in [5.41, 5.74) is 0.907. The van der Waals surface area contributed by atoms with Gasteiger partial charge in [0, 0.05) is 11.1 Å². The Hall–Kier alpha value is -2.25. The molecule has 0 aliphatic carbocycles. The number of carbonyl (C=O) groups is 1. The molecule has 8 heteroatoms. The number of ether oxygens (including phenoxy) is 2. The molecule has 0 spiro atoms. The zero-order chi connectivity index (χ0) is 18.4. The molecule has 0 aliphatic heterocycles. The van der Waals surface area contributed by atoms with Crippen molar-refractivity contribution in [2.45, 2.75) is 5.75 Å². The Bertz CT molecular complexity index is 850. The summed E-state index contributed by atoms with van der Waals surface area (Å²) in [6.07, 6.45) is 0. The van der Waals surface area contributed by atoms with Crippen LogP contribution in [0.3, 0.4) is 0 Å². The van der Waals surface area contributed by atoms with E-state index in [-0.39, 0.29) is 5.75 Å². The number of hydrogen-bond donors (Lipinski definition) is 1. The molecule has 0 bridgehead atoms. The molecule has 0 atom stereocenters. The standard InChI is InChI=1S/C17H18ClNO5S/c1-23-14-7-8-16(24-2)15(9-14)19-17(20)11-25(21,22)10-12-3-5-13(18)6-4-12/h3-9H,10-11H2,1-2H3,(H,19,20). The summed E-state index contributed by atoms with van der Waals surface area (Å²) >= 11 is 5.78. The Kier molecular flexibility index (Phi) is 6.27. The first kappa shape index (κ1) is 19.1. The molecule has 2 aromatic rings. The molecule has 1 N–H and O–H groups in total. The number of benzene rings is 2. The van der Waals surface area contributed by atoms with Crippen molar-refractivity contribution < 1.29 is 22.7 Å². The number of rotatable bonds is 7. The van der Waals surface area contributed by atoms with Crippen molar-refractivity contribution in [3.8, 4) is 11.5 Å². The van der Waals surface area contributed by atoms with E-state index >= 15 is 0 Å². The Labute approximate surface area is 151 Å². The Morgan fingerprint density at radius 2 is 1.76 bits per heavy atom. The second kappa shape index (κ2) is 8.22. The third-order valence-electron chi connectivity index (χ3n) is 3.33. The summed E-state index contributed by atoms with van der Waals surface area (Å²) in [5, 5.41) is 3.06. The van der Waals surface area contributed by atoms with Crippen molar-refractivity contribution in [2.75, 3.05) is 25.3 Å². The molecule has 0 aliphatic rings.